The summed E-state index contributed by atoms with van der Waals surface area (Å²) in [6.45, 7) is 24.0. The van der Waals surface area contributed by atoms with E-state index in [4.69, 9.17) is 4.79 Å². The number of nitrogens with one attached hydrogen (secondary N) is 3. The van der Waals surface area contributed by atoms with Gasteiger partial charge in [-0.05, 0) is 81.5 Å². The van der Waals surface area contributed by atoms with Gasteiger partial charge in [0, 0.05) is 13.1 Å². The molecule has 294 valence electrons. The van der Waals surface area contributed by atoms with Crippen LogP contribution in [-0.4, -0.2) is 97.5 Å². The summed E-state index contributed by atoms with van der Waals surface area (Å²) in [6, 6.07) is -1.50. The van der Waals surface area contributed by atoms with Crippen LogP contribution in [-0.2, 0) is 24.0 Å². The van der Waals surface area contributed by atoms with E-state index in [9.17, 15) is 24.0 Å². The van der Waals surface area contributed by atoms with Crippen LogP contribution in [0, 0.1) is 17.3 Å². The number of primary amides is 1. The zero-order valence-corrected chi connectivity index (χ0v) is 33.9. The van der Waals surface area contributed by atoms with Gasteiger partial charge in [0.25, 0.3) is 0 Å². The lowest BCUT2D eigenvalue weighted by Gasteiger charge is -2.26. The number of likely N-dealkylation sites (N-methyl/N-ethyl adjacent to an activating group) is 1. The van der Waals surface area contributed by atoms with Crippen molar-refractivity contribution < 1.29 is 28.8 Å². The van der Waals surface area contributed by atoms with Crippen molar-refractivity contribution in [3.05, 3.63) is 23.3 Å². The summed E-state index contributed by atoms with van der Waals surface area (Å²) in [6.07, 6.45) is 13.4. The number of ketones is 1. The SMILES string of the molecule is CC(=O)C(C)NC(=O)C1CCCN1C.CC(C)(C)C(C=O)NC(=O)NCC(=O)N1CC2=C(CCC=C2)C1.CC(C)C.CC1CC1.CCC.NC=O. The summed E-state index contributed by atoms with van der Waals surface area (Å²) in [5.74, 6) is 1.79. The predicted molar refractivity (Wildman–Crippen MR) is 207 cm³/mol. The fourth-order valence-corrected chi connectivity index (χ4v) is 4.51. The predicted octanol–water partition coefficient (Wildman–Crippen LogP) is 5.16. The second-order valence-corrected chi connectivity index (χ2v) is 15.4. The number of hydrogen-bond acceptors (Lipinski definition) is 7. The minimum Gasteiger partial charge on any atom is -0.372 e. The zero-order chi connectivity index (χ0) is 39.7. The average Bonchev–Trinajstić information content (AvgIpc) is 3.50. The Morgan fingerprint density at radius 1 is 1.00 bits per heavy atom. The number of carbonyl (C=O) groups is 6. The lowest BCUT2D eigenvalue weighted by Crippen LogP contribution is -2.50. The number of likely N-dealkylation sites (tertiary alicyclic amines) is 1. The molecule has 0 spiro atoms. The second-order valence-electron chi connectivity index (χ2n) is 15.4. The third kappa shape index (κ3) is 24.3. The van der Waals surface area contributed by atoms with E-state index in [0.717, 1.165) is 44.1 Å². The van der Waals surface area contributed by atoms with Crippen LogP contribution in [0.15, 0.2) is 23.3 Å². The topological polar surface area (TPSA) is 171 Å². The molecule has 2 heterocycles. The van der Waals surface area contributed by atoms with Crippen molar-refractivity contribution in [3.8, 4) is 0 Å². The number of urea groups is 1. The first-order chi connectivity index (χ1) is 23.8. The molecule has 2 aliphatic heterocycles. The van der Waals surface area contributed by atoms with Gasteiger partial charge in [-0.15, -0.1) is 0 Å². The van der Waals surface area contributed by atoms with Crippen molar-refractivity contribution in [3.63, 3.8) is 0 Å². The van der Waals surface area contributed by atoms with E-state index in [-0.39, 0.29) is 48.1 Å². The van der Waals surface area contributed by atoms with Crippen molar-refractivity contribution in [2.75, 3.05) is 33.2 Å². The molecule has 4 aliphatic rings. The van der Waals surface area contributed by atoms with Crippen LogP contribution in [0.5, 0.6) is 0 Å². The molecule has 1 saturated carbocycles. The van der Waals surface area contributed by atoms with E-state index in [0.29, 0.717) is 19.4 Å². The Balaban J connectivity index is 0. The molecule has 0 aromatic rings. The maximum atomic E-state index is 12.2. The van der Waals surface area contributed by atoms with E-state index in [1.54, 1.807) is 11.8 Å². The van der Waals surface area contributed by atoms with E-state index in [1.807, 2.05) is 32.7 Å². The molecule has 12 heteroatoms. The first-order valence-electron chi connectivity index (χ1n) is 18.6. The lowest BCUT2D eigenvalue weighted by atomic mass is 9.88. The van der Waals surface area contributed by atoms with Gasteiger partial charge in [-0.1, -0.05) is 93.7 Å². The van der Waals surface area contributed by atoms with Crippen LogP contribution in [0.4, 0.5) is 4.79 Å². The number of allylic oxidation sites excluding steroid dienone is 1. The molecule has 2 fully saturated rings. The third-order valence-electron chi connectivity index (χ3n) is 7.90. The number of amides is 5. The standard InChI is InChI=1S/C17H25N3O3.C10H18N2O2.C4H8.C4H10.C3H8.CH3NO/c1-17(2,3)14(11-21)19-16(23)18-8-15(22)20-9-12-6-4-5-7-13(12)10-20;1-7(8(2)13)11-10(14)9-5-4-6-12(9)3;1-4-2-3-4;1-4(2)3;1-3-2;2-1-3/h4,6,11,14H,5,7-10H2,1-3H3,(H2,18,19,23);7,9H,4-6H2,1-3H3,(H,11,14);4H,2-3H2,1H3;4H,1-3H3;3H2,1-2H3;1H,(H2,2,3). The number of Topliss-reactive ketones (excluding diaryl/α,β-unsaturated/α-hetero) is 1. The zero-order valence-electron chi connectivity index (χ0n) is 33.9. The van der Waals surface area contributed by atoms with Gasteiger partial charge in [-0.3, -0.25) is 24.1 Å². The summed E-state index contributed by atoms with van der Waals surface area (Å²) in [5.41, 5.74) is 6.34. The Kier molecular flexibility index (Phi) is 26.4. The van der Waals surface area contributed by atoms with Gasteiger partial charge in [0.1, 0.15) is 6.29 Å². The molecule has 5 amide bonds. The smallest absolute Gasteiger partial charge is 0.315 e. The molecular formula is C39H72N6O6. The van der Waals surface area contributed by atoms with Gasteiger partial charge < -0.3 is 31.4 Å². The molecule has 2 aliphatic carbocycles. The van der Waals surface area contributed by atoms with Gasteiger partial charge in [-0.25, -0.2) is 4.79 Å². The summed E-state index contributed by atoms with van der Waals surface area (Å²) >= 11 is 0. The Morgan fingerprint density at radius 3 is 1.92 bits per heavy atom. The Bertz CT molecular complexity index is 1120. The minimum atomic E-state index is -0.594. The highest BCUT2D eigenvalue weighted by Gasteiger charge is 2.29. The quantitative estimate of drug-likeness (QED) is 0.263. The summed E-state index contributed by atoms with van der Waals surface area (Å²) in [5, 5.41) is 7.85. The molecule has 4 rings (SSSR count). The van der Waals surface area contributed by atoms with Crippen molar-refractivity contribution in [2.45, 2.75) is 139 Å². The van der Waals surface area contributed by atoms with Crippen molar-refractivity contribution in [1.29, 1.82) is 0 Å². The molecule has 3 atom stereocenters. The summed E-state index contributed by atoms with van der Waals surface area (Å²) in [7, 11) is 1.94. The largest absolute Gasteiger partial charge is 0.372 e. The first-order valence-corrected chi connectivity index (χ1v) is 18.6. The number of carbonyl (C=O) groups excluding carboxylic acids is 6. The highest BCUT2D eigenvalue weighted by atomic mass is 16.2. The van der Waals surface area contributed by atoms with Crippen molar-refractivity contribution >= 4 is 36.3 Å². The molecule has 5 N–H and O–H groups in total. The number of hydrogen-bond donors (Lipinski definition) is 4. The van der Waals surface area contributed by atoms with Crippen molar-refractivity contribution in [1.82, 2.24) is 25.8 Å². The van der Waals surface area contributed by atoms with Crippen LogP contribution in [0.1, 0.15) is 121 Å². The maximum Gasteiger partial charge on any atom is 0.315 e. The van der Waals surface area contributed by atoms with Crippen molar-refractivity contribution in [2.24, 2.45) is 23.0 Å². The molecule has 3 unspecified atom stereocenters. The summed E-state index contributed by atoms with van der Waals surface area (Å²) in [4.78, 5) is 70.1. The maximum absolute atomic E-state index is 12.2. The highest BCUT2D eigenvalue weighted by molar-refractivity contribution is 5.89. The highest BCUT2D eigenvalue weighted by Crippen LogP contribution is 2.27. The fraction of sp³-hybridized carbons (Fsp3) is 0.744. The van der Waals surface area contributed by atoms with Gasteiger partial charge in [0.2, 0.25) is 18.2 Å². The monoisotopic (exact) mass is 721 g/mol. The summed E-state index contributed by atoms with van der Waals surface area (Å²) < 4.78 is 0. The molecular weight excluding hydrogens is 648 g/mol. The normalized spacial score (nSPS) is 18.5. The number of nitrogens with zero attached hydrogens (tertiary/aromatic N) is 2. The van der Waals surface area contributed by atoms with Crippen LogP contribution in [0.3, 0.4) is 0 Å². The van der Waals surface area contributed by atoms with Gasteiger partial charge in [-0.2, -0.15) is 0 Å². The molecule has 12 nitrogen and oxygen atoms in total. The minimum absolute atomic E-state index is 0.000926. The van der Waals surface area contributed by atoms with E-state index in [2.05, 4.69) is 75.4 Å². The molecule has 0 radical (unpaired) electrons. The molecule has 0 aromatic heterocycles. The Labute approximate surface area is 309 Å². The number of nitrogens with two attached hydrogens (primary N) is 1. The molecule has 51 heavy (non-hydrogen) atoms. The van der Waals surface area contributed by atoms with E-state index >= 15 is 0 Å². The van der Waals surface area contributed by atoms with Crippen LogP contribution in [0.2, 0.25) is 0 Å². The Hall–Kier alpha value is -3.54. The first kappa shape index (κ1) is 49.6. The fourth-order valence-electron chi connectivity index (χ4n) is 4.51. The van der Waals surface area contributed by atoms with Crippen LogP contribution >= 0.6 is 0 Å². The van der Waals surface area contributed by atoms with E-state index in [1.165, 1.54) is 37.3 Å². The Morgan fingerprint density at radius 2 is 1.53 bits per heavy atom. The van der Waals surface area contributed by atoms with Gasteiger partial charge in [0.15, 0.2) is 5.78 Å². The van der Waals surface area contributed by atoms with Gasteiger partial charge in [0.05, 0.1) is 24.7 Å². The number of rotatable bonds is 7. The van der Waals surface area contributed by atoms with Crippen LogP contribution < -0.4 is 21.7 Å². The number of aldehydes is 1. The lowest BCUT2D eigenvalue weighted by molar-refractivity contribution is -0.129. The van der Waals surface area contributed by atoms with E-state index < -0.39 is 12.1 Å². The third-order valence-corrected chi connectivity index (χ3v) is 7.90. The van der Waals surface area contributed by atoms with Gasteiger partial charge >= 0.3 is 6.03 Å². The molecule has 1 saturated heterocycles. The van der Waals surface area contributed by atoms with Crippen LogP contribution in [0.25, 0.3) is 0 Å². The molecule has 0 aromatic carbocycles. The second kappa shape index (κ2) is 27.2. The average molecular weight is 721 g/mol. The molecule has 0 bridgehead atoms.